The van der Waals surface area contributed by atoms with E-state index < -0.39 is 0 Å². The van der Waals surface area contributed by atoms with Gasteiger partial charge in [-0.2, -0.15) is 0 Å². The summed E-state index contributed by atoms with van der Waals surface area (Å²) in [6.45, 7) is 7.06. The van der Waals surface area contributed by atoms with E-state index in [9.17, 15) is 4.79 Å². The Balaban J connectivity index is 0.00000306. The number of hydrogen-bond acceptors (Lipinski definition) is 3. The van der Waals surface area contributed by atoms with Crippen molar-refractivity contribution in [2.24, 2.45) is 4.99 Å². The number of guanidine groups is 1. The second-order valence-electron chi connectivity index (χ2n) is 8.56. The number of rotatable bonds is 7. The summed E-state index contributed by atoms with van der Waals surface area (Å²) in [7, 11) is 1.70. The number of nitrogens with zero attached hydrogens (tertiary/aromatic N) is 3. The largest absolute Gasteiger partial charge is 0.497 e. The third-order valence-corrected chi connectivity index (χ3v) is 6.46. The maximum Gasteiger partial charge on any atom is 0.222 e. The third kappa shape index (κ3) is 6.40. The summed E-state index contributed by atoms with van der Waals surface area (Å²) in [6.07, 6.45) is 2.76. The van der Waals surface area contributed by atoms with Crippen LogP contribution in [0.4, 0.5) is 0 Å². The van der Waals surface area contributed by atoms with Crippen molar-refractivity contribution in [1.82, 2.24) is 15.1 Å². The molecule has 1 atom stereocenters. The Hall–Kier alpha value is -2.29. The highest BCUT2D eigenvalue weighted by Gasteiger charge is 2.26. The van der Waals surface area contributed by atoms with Gasteiger partial charge in [0, 0.05) is 45.1 Å². The zero-order valence-electron chi connectivity index (χ0n) is 19.6. The fraction of sp³-hybridized carbons (Fsp3) is 0.462. The van der Waals surface area contributed by atoms with Crippen molar-refractivity contribution >= 4 is 35.8 Å². The molecule has 2 aliphatic heterocycles. The van der Waals surface area contributed by atoms with Gasteiger partial charge in [0.15, 0.2) is 5.96 Å². The van der Waals surface area contributed by atoms with Gasteiger partial charge >= 0.3 is 0 Å². The van der Waals surface area contributed by atoms with Gasteiger partial charge in [0.2, 0.25) is 5.91 Å². The number of hydrogen-bond donors (Lipinski definition) is 1. The Bertz CT molecular complexity index is 948. The van der Waals surface area contributed by atoms with Crippen LogP contribution in [0, 0.1) is 0 Å². The summed E-state index contributed by atoms with van der Waals surface area (Å²) in [5, 5.41) is 3.48. The lowest BCUT2D eigenvalue weighted by Gasteiger charge is -2.22. The summed E-state index contributed by atoms with van der Waals surface area (Å²) >= 11 is 0. The van der Waals surface area contributed by atoms with Crippen LogP contribution in [0.3, 0.4) is 0 Å². The number of methoxy groups -OCH3 is 1. The van der Waals surface area contributed by atoms with Crippen molar-refractivity contribution in [2.75, 3.05) is 33.3 Å². The first kappa shape index (κ1) is 25.3. The number of amides is 1. The van der Waals surface area contributed by atoms with Crippen LogP contribution >= 0.6 is 24.0 Å². The van der Waals surface area contributed by atoms with Crippen molar-refractivity contribution < 1.29 is 9.53 Å². The number of benzene rings is 2. The van der Waals surface area contributed by atoms with Crippen molar-refractivity contribution in [1.29, 1.82) is 0 Å². The molecule has 2 aromatic carbocycles. The molecule has 0 saturated carbocycles. The molecule has 2 saturated heterocycles. The van der Waals surface area contributed by atoms with Crippen LogP contribution in [0.1, 0.15) is 48.8 Å². The number of nitrogens with one attached hydrogen (secondary N) is 1. The number of ether oxygens (including phenoxy) is 1. The molecule has 1 N–H and O–H groups in total. The molecule has 2 heterocycles. The van der Waals surface area contributed by atoms with Crippen molar-refractivity contribution in [3.63, 3.8) is 0 Å². The van der Waals surface area contributed by atoms with Crippen molar-refractivity contribution in [2.45, 2.75) is 45.2 Å². The van der Waals surface area contributed by atoms with Crippen LogP contribution in [0.15, 0.2) is 53.5 Å². The molecule has 0 radical (unpaired) electrons. The molecule has 178 valence electrons. The van der Waals surface area contributed by atoms with E-state index in [0.717, 1.165) is 50.7 Å². The van der Waals surface area contributed by atoms with E-state index in [4.69, 9.17) is 9.73 Å². The van der Waals surface area contributed by atoms with Crippen LogP contribution in [-0.2, 0) is 17.9 Å². The van der Waals surface area contributed by atoms with E-state index in [-0.39, 0.29) is 29.9 Å². The second-order valence-corrected chi connectivity index (χ2v) is 8.56. The highest BCUT2D eigenvalue weighted by atomic mass is 127. The topological polar surface area (TPSA) is 57.2 Å². The van der Waals surface area contributed by atoms with Crippen LogP contribution in [0.5, 0.6) is 5.75 Å². The smallest absolute Gasteiger partial charge is 0.222 e. The number of carbonyl (C=O) groups excluding carboxylic acids is 1. The van der Waals surface area contributed by atoms with Crippen LogP contribution in [0.2, 0.25) is 0 Å². The molecule has 0 bridgehead atoms. The molecule has 0 aromatic heterocycles. The highest BCUT2D eigenvalue weighted by Crippen LogP contribution is 2.28. The quantitative estimate of drug-likeness (QED) is 0.309. The Kier molecular flexibility index (Phi) is 9.41. The minimum Gasteiger partial charge on any atom is -0.497 e. The first-order valence-corrected chi connectivity index (χ1v) is 11.7. The molecular weight excluding hydrogens is 527 g/mol. The molecule has 2 aliphatic rings. The van der Waals surface area contributed by atoms with E-state index in [2.05, 4.69) is 47.5 Å². The average molecular weight is 562 g/mol. The average Bonchev–Trinajstić information content (AvgIpc) is 3.47. The molecule has 2 aromatic rings. The fourth-order valence-corrected chi connectivity index (χ4v) is 4.63. The lowest BCUT2D eigenvalue weighted by atomic mass is 9.98. The maximum atomic E-state index is 12.1. The van der Waals surface area contributed by atoms with Gasteiger partial charge in [0.1, 0.15) is 5.75 Å². The van der Waals surface area contributed by atoms with Gasteiger partial charge in [0.05, 0.1) is 13.7 Å². The van der Waals surface area contributed by atoms with Crippen LogP contribution < -0.4 is 10.1 Å². The van der Waals surface area contributed by atoms with Gasteiger partial charge in [-0.3, -0.25) is 4.79 Å². The fourth-order valence-electron chi connectivity index (χ4n) is 4.63. The molecule has 0 aliphatic carbocycles. The van der Waals surface area contributed by atoms with E-state index in [0.29, 0.717) is 25.4 Å². The first-order valence-electron chi connectivity index (χ1n) is 11.7. The van der Waals surface area contributed by atoms with Gasteiger partial charge in [0.25, 0.3) is 0 Å². The first-order chi connectivity index (χ1) is 15.7. The van der Waals surface area contributed by atoms with Crippen LogP contribution in [0.25, 0.3) is 0 Å². The number of aliphatic imine (C=N–C) groups is 1. The molecule has 1 amide bonds. The summed E-state index contributed by atoms with van der Waals surface area (Å²) in [5.74, 6) is 2.62. The van der Waals surface area contributed by atoms with Gasteiger partial charge in [-0.05, 0) is 48.6 Å². The Morgan fingerprint density at radius 1 is 1.12 bits per heavy atom. The summed E-state index contributed by atoms with van der Waals surface area (Å²) in [4.78, 5) is 21.4. The predicted molar refractivity (Wildman–Crippen MR) is 143 cm³/mol. The monoisotopic (exact) mass is 562 g/mol. The highest BCUT2D eigenvalue weighted by molar-refractivity contribution is 14.0. The number of carbonyl (C=O) groups is 1. The van der Waals surface area contributed by atoms with Crippen molar-refractivity contribution in [3.8, 4) is 5.75 Å². The lowest BCUT2D eigenvalue weighted by Crippen LogP contribution is -2.40. The SMILES string of the molecule is CCNC(=NCc1ccccc1CN1CCCC1=O)N1CCC(c2ccc(OC)cc2)C1.I. The minimum absolute atomic E-state index is 0. The standard InChI is InChI=1S/C26H34N4O2.HI/c1-3-27-26(30-16-14-23(19-30)20-10-12-24(32-2)13-11-20)28-17-21-7-4-5-8-22(21)18-29-15-6-9-25(29)31;/h4-5,7-8,10-13,23H,3,6,9,14-19H2,1-2H3,(H,27,28);1H. The Labute approximate surface area is 214 Å². The van der Waals surface area contributed by atoms with Gasteiger partial charge < -0.3 is 19.9 Å². The predicted octanol–water partition coefficient (Wildman–Crippen LogP) is 4.39. The maximum absolute atomic E-state index is 12.1. The van der Waals surface area contributed by atoms with E-state index in [1.165, 1.54) is 16.7 Å². The van der Waals surface area contributed by atoms with Crippen molar-refractivity contribution in [3.05, 3.63) is 65.2 Å². The van der Waals surface area contributed by atoms with E-state index in [1.54, 1.807) is 7.11 Å². The Morgan fingerprint density at radius 2 is 1.88 bits per heavy atom. The van der Waals surface area contributed by atoms with Crippen LogP contribution in [-0.4, -0.2) is 55.0 Å². The van der Waals surface area contributed by atoms with Gasteiger partial charge in [-0.25, -0.2) is 4.99 Å². The number of halogens is 1. The minimum atomic E-state index is 0. The zero-order chi connectivity index (χ0) is 22.3. The molecule has 33 heavy (non-hydrogen) atoms. The molecule has 7 heteroatoms. The van der Waals surface area contributed by atoms with E-state index in [1.807, 2.05) is 23.1 Å². The molecule has 2 fully saturated rings. The molecule has 4 rings (SSSR count). The Morgan fingerprint density at radius 3 is 2.55 bits per heavy atom. The third-order valence-electron chi connectivity index (χ3n) is 6.46. The zero-order valence-corrected chi connectivity index (χ0v) is 22.0. The molecular formula is C26H35IN4O2. The summed E-state index contributed by atoms with van der Waals surface area (Å²) in [6, 6.07) is 16.8. The lowest BCUT2D eigenvalue weighted by molar-refractivity contribution is -0.128. The number of likely N-dealkylation sites (tertiary alicyclic amines) is 2. The van der Waals surface area contributed by atoms with Gasteiger partial charge in [-0.1, -0.05) is 36.4 Å². The molecule has 6 nitrogen and oxygen atoms in total. The summed E-state index contributed by atoms with van der Waals surface area (Å²) < 4.78 is 5.29. The molecule has 0 spiro atoms. The summed E-state index contributed by atoms with van der Waals surface area (Å²) in [5.41, 5.74) is 3.73. The molecule has 1 unspecified atom stereocenters. The second kappa shape index (κ2) is 12.3. The normalized spacial score (nSPS) is 18.4. The van der Waals surface area contributed by atoms with E-state index >= 15 is 0 Å². The van der Waals surface area contributed by atoms with Gasteiger partial charge in [-0.15, -0.1) is 24.0 Å².